The fraction of sp³-hybridized carbons (Fsp3) is 1.00. The highest BCUT2D eigenvalue weighted by atomic mass is 16.3. The fourth-order valence-electron chi connectivity index (χ4n) is 3.09. The van der Waals surface area contributed by atoms with Crippen LogP contribution in [-0.2, 0) is 0 Å². The number of aliphatic hydroxyl groups is 2. The summed E-state index contributed by atoms with van der Waals surface area (Å²) in [6.45, 7) is 4.41. The normalized spacial score (nSPS) is 14.3. The maximum absolute atomic E-state index is 9.66. The van der Waals surface area contributed by atoms with Crippen molar-refractivity contribution in [3.05, 3.63) is 0 Å². The second kappa shape index (κ2) is 16.3. The predicted molar refractivity (Wildman–Crippen MR) is 92.6 cm³/mol. The largest absolute Gasteiger partial charge is 0.394 e. The molecule has 2 heteroatoms. The number of aliphatic hydroxyl groups excluding tert-OH is 2. The Hall–Kier alpha value is -0.0800. The van der Waals surface area contributed by atoms with Gasteiger partial charge in [-0.25, -0.2) is 0 Å². The van der Waals surface area contributed by atoms with Gasteiger partial charge in [0.15, 0.2) is 0 Å². The lowest BCUT2D eigenvalue weighted by molar-refractivity contribution is 0.0705. The Kier molecular flexibility index (Phi) is 16.2. The Morgan fingerprint density at radius 3 is 1.62 bits per heavy atom. The molecule has 0 spiro atoms. The summed E-state index contributed by atoms with van der Waals surface area (Å²) in [5.74, 6) is 0.610. The monoisotopic (exact) mass is 300 g/mol. The highest BCUT2D eigenvalue weighted by Crippen LogP contribution is 2.23. The molecule has 2 nitrogen and oxygen atoms in total. The molecule has 0 aromatic carbocycles. The molecule has 0 aromatic rings. The van der Waals surface area contributed by atoms with E-state index in [1.807, 2.05) is 0 Å². The van der Waals surface area contributed by atoms with Gasteiger partial charge < -0.3 is 10.2 Å². The van der Waals surface area contributed by atoms with Crippen molar-refractivity contribution in [3.8, 4) is 0 Å². The van der Waals surface area contributed by atoms with E-state index in [4.69, 9.17) is 5.11 Å². The summed E-state index contributed by atoms with van der Waals surface area (Å²) < 4.78 is 0. The third-order valence-corrected chi connectivity index (χ3v) is 4.50. The van der Waals surface area contributed by atoms with E-state index >= 15 is 0 Å². The van der Waals surface area contributed by atoms with Gasteiger partial charge in [-0.05, 0) is 12.3 Å². The standard InChI is InChI=1S/C19H40O2/c1-3-5-7-8-9-10-11-13-15-18(14-12-6-4-2)16-19(21)17-20/h18-21H,3-17H2,1-2H3. The van der Waals surface area contributed by atoms with Crippen LogP contribution in [0.15, 0.2) is 0 Å². The minimum atomic E-state index is -0.509. The molecule has 0 saturated heterocycles. The summed E-state index contributed by atoms with van der Waals surface area (Å²) in [7, 11) is 0. The van der Waals surface area contributed by atoms with Gasteiger partial charge in [0.05, 0.1) is 12.7 Å². The molecule has 0 aliphatic heterocycles. The molecule has 0 radical (unpaired) electrons. The summed E-state index contributed by atoms with van der Waals surface area (Å²) in [5, 5.41) is 18.7. The van der Waals surface area contributed by atoms with Gasteiger partial charge in [-0.1, -0.05) is 97.3 Å². The maximum atomic E-state index is 9.66. The summed E-state index contributed by atoms with van der Waals surface area (Å²) in [6.07, 6.45) is 17.5. The summed E-state index contributed by atoms with van der Waals surface area (Å²) in [6, 6.07) is 0. The van der Waals surface area contributed by atoms with E-state index in [-0.39, 0.29) is 6.61 Å². The third kappa shape index (κ3) is 14.6. The Morgan fingerprint density at radius 1 is 0.667 bits per heavy atom. The molecule has 0 saturated carbocycles. The van der Waals surface area contributed by atoms with Crippen LogP contribution in [0.1, 0.15) is 104 Å². The van der Waals surface area contributed by atoms with E-state index in [9.17, 15) is 5.11 Å². The Balaban J connectivity index is 3.64. The molecule has 21 heavy (non-hydrogen) atoms. The SMILES string of the molecule is CCCCCCCCCCC(CCCCC)CC(O)CO. The molecule has 2 N–H and O–H groups in total. The summed E-state index contributed by atoms with van der Waals surface area (Å²) in [5.41, 5.74) is 0. The van der Waals surface area contributed by atoms with Crippen LogP contribution >= 0.6 is 0 Å². The molecule has 0 rings (SSSR count). The maximum Gasteiger partial charge on any atom is 0.0773 e. The minimum Gasteiger partial charge on any atom is -0.394 e. The van der Waals surface area contributed by atoms with E-state index in [2.05, 4.69) is 13.8 Å². The van der Waals surface area contributed by atoms with Gasteiger partial charge >= 0.3 is 0 Å². The van der Waals surface area contributed by atoms with Crippen molar-refractivity contribution >= 4 is 0 Å². The van der Waals surface area contributed by atoms with Crippen molar-refractivity contribution in [2.75, 3.05) is 6.61 Å². The lowest BCUT2D eigenvalue weighted by Gasteiger charge is -2.19. The molecule has 0 amide bonds. The summed E-state index contributed by atoms with van der Waals surface area (Å²) >= 11 is 0. The first kappa shape index (κ1) is 20.9. The van der Waals surface area contributed by atoms with E-state index in [0.717, 1.165) is 6.42 Å². The van der Waals surface area contributed by atoms with Crippen molar-refractivity contribution in [2.24, 2.45) is 5.92 Å². The molecular weight excluding hydrogens is 260 g/mol. The number of hydrogen-bond donors (Lipinski definition) is 2. The van der Waals surface area contributed by atoms with Crippen LogP contribution in [0.25, 0.3) is 0 Å². The first-order valence-electron chi connectivity index (χ1n) is 9.53. The van der Waals surface area contributed by atoms with Gasteiger partial charge in [0.2, 0.25) is 0 Å². The molecule has 0 aliphatic rings. The third-order valence-electron chi connectivity index (χ3n) is 4.50. The predicted octanol–water partition coefficient (Wildman–Crippen LogP) is 5.46. The first-order chi connectivity index (χ1) is 10.2. The topological polar surface area (TPSA) is 40.5 Å². The Labute approximate surface area is 133 Å². The van der Waals surface area contributed by atoms with Crippen molar-refractivity contribution in [1.29, 1.82) is 0 Å². The van der Waals surface area contributed by atoms with Gasteiger partial charge in [-0.15, -0.1) is 0 Å². The van der Waals surface area contributed by atoms with Crippen molar-refractivity contribution in [1.82, 2.24) is 0 Å². The zero-order valence-electron chi connectivity index (χ0n) is 14.7. The van der Waals surface area contributed by atoms with Crippen LogP contribution in [0.3, 0.4) is 0 Å². The minimum absolute atomic E-state index is 0.0816. The molecule has 0 aromatic heterocycles. The lowest BCUT2D eigenvalue weighted by Crippen LogP contribution is -2.17. The highest BCUT2D eigenvalue weighted by Gasteiger charge is 2.13. The van der Waals surface area contributed by atoms with Gasteiger partial charge in [-0.2, -0.15) is 0 Å². The van der Waals surface area contributed by atoms with E-state index < -0.39 is 6.10 Å². The molecule has 2 atom stereocenters. The van der Waals surface area contributed by atoms with Crippen molar-refractivity contribution in [3.63, 3.8) is 0 Å². The van der Waals surface area contributed by atoms with Crippen LogP contribution < -0.4 is 0 Å². The molecular formula is C19H40O2. The summed E-state index contributed by atoms with van der Waals surface area (Å²) in [4.78, 5) is 0. The fourth-order valence-corrected chi connectivity index (χ4v) is 3.09. The van der Waals surface area contributed by atoms with Gasteiger partial charge in [0.1, 0.15) is 0 Å². The molecule has 0 aliphatic carbocycles. The quantitative estimate of drug-likeness (QED) is 0.372. The Morgan fingerprint density at radius 2 is 1.10 bits per heavy atom. The molecule has 2 unspecified atom stereocenters. The Bertz CT molecular complexity index is 194. The van der Waals surface area contributed by atoms with Gasteiger partial charge in [0.25, 0.3) is 0 Å². The van der Waals surface area contributed by atoms with E-state index in [1.165, 1.54) is 83.5 Å². The van der Waals surface area contributed by atoms with E-state index in [0.29, 0.717) is 5.92 Å². The average molecular weight is 301 g/mol. The highest BCUT2D eigenvalue weighted by molar-refractivity contribution is 4.65. The second-order valence-corrected chi connectivity index (χ2v) is 6.70. The lowest BCUT2D eigenvalue weighted by atomic mass is 9.90. The van der Waals surface area contributed by atoms with E-state index in [1.54, 1.807) is 0 Å². The second-order valence-electron chi connectivity index (χ2n) is 6.70. The first-order valence-corrected chi connectivity index (χ1v) is 9.53. The van der Waals surface area contributed by atoms with Crippen LogP contribution in [0.4, 0.5) is 0 Å². The zero-order valence-corrected chi connectivity index (χ0v) is 14.7. The molecule has 128 valence electrons. The van der Waals surface area contributed by atoms with Crippen LogP contribution in [-0.4, -0.2) is 22.9 Å². The molecule has 0 bridgehead atoms. The van der Waals surface area contributed by atoms with Crippen molar-refractivity contribution in [2.45, 2.75) is 110 Å². The molecule has 0 heterocycles. The number of rotatable bonds is 16. The van der Waals surface area contributed by atoms with Crippen LogP contribution in [0.5, 0.6) is 0 Å². The smallest absolute Gasteiger partial charge is 0.0773 e. The van der Waals surface area contributed by atoms with Gasteiger partial charge in [-0.3, -0.25) is 0 Å². The number of unbranched alkanes of at least 4 members (excludes halogenated alkanes) is 9. The average Bonchev–Trinajstić information content (AvgIpc) is 2.49. The van der Waals surface area contributed by atoms with Gasteiger partial charge in [0, 0.05) is 0 Å². The van der Waals surface area contributed by atoms with Crippen molar-refractivity contribution < 1.29 is 10.2 Å². The van der Waals surface area contributed by atoms with Crippen LogP contribution in [0, 0.1) is 5.92 Å². The molecule has 0 fully saturated rings. The van der Waals surface area contributed by atoms with Crippen LogP contribution in [0.2, 0.25) is 0 Å². The number of hydrogen-bond acceptors (Lipinski definition) is 2. The zero-order chi connectivity index (χ0) is 15.8.